The Labute approximate surface area is 116 Å². The molecule has 1 aliphatic rings. The number of amides is 1. The van der Waals surface area contributed by atoms with Crippen molar-refractivity contribution >= 4 is 5.91 Å². The van der Waals surface area contributed by atoms with Gasteiger partial charge in [-0.1, -0.05) is 6.07 Å². The Morgan fingerprint density at radius 3 is 2.65 bits per heavy atom. The third kappa shape index (κ3) is 2.81. The van der Waals surface area contributed by atoms with E-state index >= 15 is 0 Å². The molecule has 1 heterocycles. The molecule has 20 heavy (non-hydrogen) atoms. The fourth-order valence-electron chi connectivity index (χ4n) is 2.27. The van der Waals surface area contributed by atoms with Crippen molar-refractivity contribution in [2.45, 2.75) is 19.0 Å². The van der Waals surface area contributed by atoms with Crippen LogP contribution in [0.2, 0.25) is 0 Å². The van der Waals surface area contributed by atoms with Crippen LogP contribution in [0.5, 0.6) is 0 Å². The zero-order chi connectivity index (χ0) is 14.9. The van der Waals surface area contributed by atoms with Crippen molar-refractivity contribution in [3.05, 3.63) is 35.4 Å². The Morgan fingerprint density at radius 1 is 1.40 bits per heavy atom. The first-order valence-electron chi connectivity index (χ1n) is 6.46. The van der Waals surface area contributed by atoms with Crippen molar-refractivity contribution in [2.75, 3.05) is 20.3 Å². The van der Waals surface area contributed by atoms with Crippen LogP contribution in [-0.4, -0.2) is 37.1 Å². The van der Waals surface area contributed by atoms with E-state index in [1.54, 1.807) is 14.0 Å². The smallest absolute Gasteiger partial charge is 0.229 e. The van der Waals surface area contributed by atoms with Gasteiger partial charge in [0.15, 0.2) is 11.6 Å². The second kappa shape index (κ2) is 5.85. The fraction of sp³-hybridized carbons (Fsp3) is 0.500. The molecule has 4 nitrogen and oxygen atoms in total. The van der Waals surface area contributed by atoms with Crippen LogP contribution >= 0.6 is 0 Å². The SMILES string of the molecule is CC(c1ccc(F)c(F)c1)N(C)C(=O)C1COCC1N. The molecule has 0 aliphatic carbocycles. The molecule has 1 saturated heterocycles. The van der Waals surface area contributed by atoms with Crippen molar-refractivity contribution in [1.29, 1.82) is 0 Å². The number of carbonyl (C=O) groups is 1. The van der Waals surface area contributed by atoms with Gasteiger partial charge in [-0.2, -0.15) is 0 Å². The molecule has 0 bridgehead atoms. The van der Waals surface area contributed by atoms with E-state index in [2.05, 4.69) is 0 Å². The summed E-state index contributed by atoms with van der Waals surface area (Å²) in [6.45, 7) is 2.42. The van der Waals surface area contributed by atoms with E-state index in [4.69, 9.17) is 10.5 Å². The Kier molecular flexibility index (Phi) is 4.35. The van der Waals surface area contributed by atoms with Gasteiger partial charge in [0.25, 0.3) is 0 Å². The van der Waals surface area contributed by atoms with Crippen LogP contribution in [0.1, 0.15) is 18.5 Å². The lowest BCUT2D eigenvalue weighted by molar-refractivity contribution is -0.136. The van der Waals surface area contributed by atoms with Crippen LogP contribution < -0.4 is 5.73 Å². The summed E-state index contributed by atoms with van der Waals surface area (Å²) < 4.78 is 31.4. The first-order chi connectivity index (χ1) is 9.41. The highest BCUT2D eigenvalue weighted by Crippen LogP contribution is 2.24. The van der Waals surface area contributed by atoms with Crippen LogP contribution in [0, 0.1) is 17.6 Å². The first kappa shape index (κ1) is 14.9. The number of halogens is 2. The average molecular weight is 284 g/mol. The van der Waals surface area contributed by atoms with E-state index in [0.29, 0.717) is 18.8 Å². The molecule has 0 saturated carbocycles. The highest BCUT2D eigenvalue weighted by molar-refractivity contribution is 5.80. The molecular weight excluding hydrogens is 266 g/mol. The number of benzene rings is 1. The summed E-state index contributed by atoms with van der Waals surface area (Å²) in [4.78, 5) is 13.8. The van der Waals surface area contributed by atoms with Gasteiger partial charge in [0.2, 0.25) is 5.91 Å². The zero-order valence-corrected chi connectivity index (χ0v) is 11.5. The van der Waals surface area contributed by atoms with Gasteiger partial charge in [-0.05, 0) is 24.6 Å². The van der Waals surface area contributed by atoms with Gasteiger partial charge < -0.3 is 15.4 Å². The third-order valence-electron chi connectivity index (χ3n) is 3.80. The summed E-state index contributed by atoms with van der Waals surface area (Å²) in [6, 6.07) is 2.95. The highest BCUT2D eigenvalue weighted by Gasteiger charge is 2.34. The van der Waals surface area contributed by atoms with E-state index in [1.807, 2.05) is 0 Å². The predicted molar refractivity (Wildman–Crippen MR) is 69.8 cm³/mol. The van der Waals surface area contributed by atoms with E-state index in [-0.39, 0.29) is 23.9 Å². The number of nitrogens with two attached hydrogens (primary N) is 1. The van der Waals surface area contributed by atoms with Gasteiger partial charge in [0.05, 0.1) is 25.2 Å². The van der Waals surface area contributed by atoms with Gasteiger partial charge >= 0.3 is 0 Å². The van der Waals surface area contributed by atoms with Gasteiger partial charge in [-0.3, -0.25) is 4.79 Å². The normalized spacial score (nSPS) is 23.6. The molecule has 6 heteroatoms. The van der Waals surface area contributed by atoms with Crippen LogP contribution in [0.25, 0.3) is 0 Å². The molecule has 2 rings (SSSR count). The Morgan fingerprint density at radius 2 is 2.10 bits per heavy atom. The van der Waals surface area contributed by atoms with Crippen LogP contribution in [-0.2, 0) is 9.53 Å². The number of hydrogen-bond acceptors (Lipinski definition) is 3. The van der Waals surface area contributed by atoms with Crippen molar-refractivity contribution < 1.29 is 18.3 Å². The monoisotopic (exact) mass is 284 g/mol. The lowest BCUT2D eigenvalue weighted by Gasteiger charge is -2.28. The molecule has 2 N–H and O–H groups in total. The van der Waals surface area contributed by atoms with Crippen molar-refractivity contribution in [2.24, 2.45) is 11.7 Å². The minimum atomic E-state index is -0.920. The maximum absolute atomic E-state index is 13.2. The quantitative estimate of drug-likeness (QED) is 0.914. The predicted octanol–water partition coefficient (Wildman–Crippen LogP) is 1.46. The third-order valence-corrected chi connectivity index (χ3v) is 3.80. The number of hydrogen-bond donors (Lipinski definition) is 1. The zero-order valence-electron chi connectivity index (χ0n) is 11.5. The summed E-state index contributed by atoms with van der Waals surface area (Å²) in [7, 11) is 1.62. The molecule has 0 radical (unpaired) electrons. The Bertz CT molecular complexity index is 510. The van der Waals surface area contributed by atoms with E-state index < -0.39 is 11.6 Å². The summed E-state index contributed by atoms with van der Waals surface area (Å²) in [6.07, 6.45) is 0. The van der Waals surface area contributed by atoms with Gasteiger partial charge in [0, 0.05) is 13.1 Å². The minimum absolute atomic E-state index is 0.146. The summed E-state index contributed by atoms with van der Waals surface area (Å²) in [5, 5.41) is 0. The minimum Gasteiger partial charge on any atom is -0.379 e. The first-order valence-corrected chi connectivity index (χ1v) is 6.46. The highest BCUT2D eigenvalue weighted by atomic mass is 19.2. The molecule has 0 aromatic heterocycles. The van der Waals surface area contributed by atoms with E-state index in [9.17, 15) is 13.6 Å². The van der Waals surface area contributed by atoms with Crippen LogP contribution in [0.4, 0.5) is 8.78 Å². The van der Waals surface area contributed by atoms with Crippen molar-refractivity contribution in [3.8, 4) is 0 Å². The van der Waals surface area contributed by atoms with Crippen molar-refractivity contribution in [1.82, 2.24) is 4.90 Å². The van der Waals surface area contributed by atoms with Gasteiger partial charge in [-0.25, -0.2) is 8.78 Å². The van der Waals surface area contributed by atoms with Crippen LogP contribution in [0.3, 0.4) is 0 Å². The molecule has 1 amide bonds. The lowest BCUT2D eigenvalue weighted by atomic mass is 10.0. The largest absolute Gasteiger partial charge is 0.379 e. The second-order valence-corrected chi connectivity index (χ2v) is 5.11. The van der Waals surface area contributed by atoms with E-state index in [0.717, 1.165) is 12.1 Å². The van der Waals surface area contributed by atoms with Crippen LogP contribution in [0.15, 0.2) is 18.2 Å². The molecule has 1 aromatic carbocycles. The van der Waals surface area contributed by atoms with Gasteiger partial charge in [0.1, 0.15) is 0 Å². The molecule has 1 aliphatic heterocycles. The molecule has 0 spiro atoms. The van der Waals surface area contributed by atoms with Crippen molar-refractivity contribution in [3.63, 3.8) is 0 Å². The average Bonchev–Trinajstić information content (AvgIpc) is 2.85. The molecule has 1 aromatic rings. The maximum Gasteiger partial charge on any atom is 0.229 e. The number of nitrogens with zero attached hydrogens (tertiary/aromatic N) is 1. The summed E-state index contributed by atoms with van der Waals surface area (Å²) in [5.74, 6) is -2.35. The Balaban J connectivity index is 2.13. The number of carbonyl (C=O) groups excluding carboxylic acids is 1. The number of ether oxygens (including phenoxy) is 1. The molecule has 3 atom stereocenters. The molecule has 110 valence electrons. The summed E-state index contributed by atoms with van der Waals surface area (Å²) >= 11 is 0. The van der Waals surface area contributed by atoms with E-state index in [1.165, 1.54) is 11.0 Å². The second-order valence-electron chi connectivity index (χ2n) is 5.11. The number of rotatable bonds is 3. The molecule has 1 fully saturated rings. The van der Waals surface area contributed by atoms with Gasteiger partial charge in [-0.15, -0.1) is 0 Å². The lowest BCUT2D eigenvalue weighted by Crippen LogP contribution is -2.42. The maximum atomic E-state index is 13.2. The summed E-state index contributed by atoms with van der Waals surface area (Å²) in [5.41, 5.74) is 6.35. The molecule has 3 unspecified atom stereocenters. The Hall–Kier alpha value is -1.53. The fourth-order valence-corrected chi connectivity index (χ4v) is 2.27. The molecular formula is C14H18F2N2O2. The topological polar surface area (TPSA) is 55.6 Å². The standard InChI is InChI=1S/C14H18F2N2O2/c1-8(9-3-4-11(15)12(16)5-9)18(2)14(19)10-6-20-7-13(10)17/h3-5,8,10,13H,6-7,17H2,1-2H3.